The van der Waals surface area contributed by atoms with Crippen LogP contribution in [0.25, 0.3) is 0 Å². The van der Waals surface area contributed by atoms with Crippen molar-refractivity contribution in [2.45, 2.75) is 32.4 Å². The maximum absolute atomic E-state index is 12.8. The Kier molecular flexibility index (Phi) is 4.78. The lowest BCUT2D eigenvalue weighted by Crippen LogP contribution is -2.47. The van der Waals surface area contributed by atoms with Gasteiger partial charge in [-0.1, -0.05) is 13.3 Å². The Balaban J connectivity index is 1.66. The van der Waals surface area contributed by atoms with Crippen LogP contribution in [0.5, 0.6) is 0 Å². The summed E-state index contributed by atoms with van der Waals surface area (Å²) in [4.78, 5) is 17.3. The number of hydrogen-bond acceptors (Lipinski definition) is 4. The molecule has 2 aliphatic rings. The largest absolute Gasteiger partial charge is 0.379 e. The molecule has 2 fully saturated rings. The Labute approximate surface area is 132 Å². The van der Waals surface area contributed by atoms with Gasteiger partial charge in [-0.2, -0.15) is 5.10 Å². The first kappa shape index (κ1) is 15.5. The predicted octanol–water partition coefficient (Wildman–Crippen LogP) is 1.01. The number of carbonyl (C=O) groups excluding carboxylic acids is 1. The molecular formula is C16H26N4O2. The molecule has 22 heavy (non-hydrogen) atoms. The molecule has 1 aromatic heterocycles. The number of amides is 1. The number of likely N-dealkylation sites (tertiary alicyclic amines) is 1. The average Bonchev–Trinajstić information content (AvgIpc) is 3.23. The zero-order valence-corrected chi connectivity index (χ0v) is 13.5. The van der Waals surface area contributed by atoms with Gasteiger partial charge in [-0.15, -0.1) is 0 Å². The van der Waals surface area contributed by atoms with E-state index < -0.39 is 0 Å². The summed E-state index contributed by atoms with van der Waals surface area (Å²) in [5.74, 6) is 0.741. The zero-order chi connectivity index (χ0) is 15.5. The fourth-order valence-corrected chi connectivity index (χ4v) is 3.65. The lowest BCUT2D eigenvalue weighted by Gasteiger charge is -2.34. The van der Waals surface area contributed by atoms with Crippen LogP contribution in [0.2, 0.25) is 0 Å². The van der Waals surface area contributed by atoms with Crippen LogP contribution < -0.4 is 0 Å². The second-order valence-corrected chi connectivity index (χ2v) is 6.29. The van der Waals surface area contributed by atoms with Crippen molar-refractivity contribution in [3.63, 3.8) is 0 Å². The van der Waals surface area contributed by atoms with Gasteiger partial charge in [0.05, 0.1) is 13.2 Å². The Bertz CT molecular complexity index is 484. The van der Waals surface area contributed by atoms with Crippen LogP contribution in [0.1, 0.15) is 26.3 Å². The lowest BCUT2D eigenvalue weighted by molar-refractivity contribution is -0.133. The number of aromatic nitrogens is 2. The molecule has 0 N–H and O–H groups in total. The van der Waals surface area contributed by atoms with E-state index in [1.165, 1.54) is 0 Å². The van der Waals surface area contributed by atoms with Crippen molar-refractivity contribution in [3.05, 3.63) is 18.5 Å². The Morgan fingerprint density at radius 3 is 2.77 bits per heavy atom. The number of ether oxygens (including phenoxy) is 1. The molecule has 3 heterocycles. The molecule has 1 aromatic rings. The highest BCUT2D eigenvalue weighted by Gasteiger charge is 2.39. The summed E-state index contributed by atoms with van der Waals surface area (Å²) < 4.78 is 7.20. The lowest BCUT2D eigenvalue weighted by atomic mass is 9.99. The normalized spacial score (nSPS) is 28.0. The molecule has 0 spiro atoms. The van der Waals surface area contributed by atoms with Gasteiger partial charge in [0.15, 0.2) is 0 Å². The number of rotatable bonds is 4. The van der Waals surface area contributed by atoms with Gasteiger partial charge in [-0.25, -0.2) is 0 Å². The first-order valence-corrected chi connectivity index (χ1v) is 8.30. The fourth-order valence-electron chi connectivity index (χ4n) is 3.65. The molecule has 6 nitrogen and oxygen atoms in total. The van der Waals surface area contributed by atoms with Crippen molar-refractivity contribution in [2.24, 2.45) is 5.92 Å². The highest BCUT2D eigenvalue weighted by atomic mass is 16.5. The summed E-state index contributed by atoms with van der Waals surface area (Å²) in [6.07, 6.45) is 4.69. The van der Waals surface area contributed by atoms with Crippen molar-refractivity contribution in [1.82, 2.24) is 19.6 Å². The number of hydrogen-bond donors (Lipinski definition) is 0. The second kappa shape index (κ2) is 6.79. The molecule has 2 aliphatic heterocycles. The molecule has 3 rings (SSSR count). The third-order valence-corrected chi connectivity index (χ3v) is 5.04. The minimum atomic E-state index is -0.226. The van der Waals surface area contributed by atoms with Crippen molar-refractivity contribution >= 4 is 5.91 Å². The van der Waals surface area contributed by atoms with Crippen LogP contribution in [0, 0.1) is 5.92 Å². The maximum atomic E-state index is 12.8. The van der Waals surface area contributed by atoms with Crippen LogP contribution in [0.15, 0.2) is 18.5 Å². The smallest absolute Gasteiger partial charge is 0.247 e. The van der Waals surface area contributed by atoms with Gasteiger partial charge in [0.2, 0.25) is 5.91 Å². The number of morpholine rings is 1. The Hall–Kier alpha value is -1.40. The van der Waals surface area contributed by atoms with E-state index in [2.05, 4.69) is 16.9 Å². The monoisotopic (exact) mass is 306 g/mol. The van der Waals surface area contributed by atoms with E-state index in [9.17, 15) is 4.79 Å². The van der Waals surface area contributed by atoms with Crippen molar-refractivity contribution in [2.75, 3.05) is 39.4 Å². The molecule has 1 amide bonds. The summed E-state index contributed by atoms with van der Waals surface area (Å²) in [6.45, 7) is 9.44. The van der Waals surface area contributed by atoms with Crippen LogP contribution in [-0.2, 0) is 9.53 Å². The molecule has 0 unspecified atom stereocenters. The summed E-state index contributed by atoms with van der Waals surface area (Å²) in [5, 5.41) is 4.20. The third-order valence-electron chi connectivity index (χ3n) is 5.04. The molecule has 6 heteroatoms. The van der Waals surface area contributed by atoms with Crippen LogP contribution in [0.3, 0.4) is 0 Å². The average molecular weight is 306 g/mol. The van der Waals surface area contributed by atoms with Gasteiger partial charge in [-0.3, -0.25) is 14.4 Å². The predicted molar refractivity (Wildman–Crippen MR) is 83.5 cm³/mol. The molecule has 122 valence electrons. The molecule has 0 bridgehead atoms. The summed E-state index contributed by atoms with van der Waals surface area (Å²) >= 11 is 0. The van der Waals surface area contributed by atoms with E-state index in [-0.39, 0.29) is 11.9 Å². The zero-order valence-electron chi connectivity index (χ0n) is 13.5. The van der Waals surface area contributed by atoms with Gasteiger partial charge in [-0.05, 0) is 18.9 Å². The fraction of sp³-hybridized carbons (Fsp3) is 0.750. The van der Waals surface area contributed by atoms with Crippen molar-refractivity contribution in [1.29, 1.82) is 0 Å². The van der Waals surface area contributed by atoms with Crippen LogP contribution in [-0.4, -0.2) is 70.9 Å². The van der Waals surface area contributed by atoms with Gasteiger partial charge >= 0.3 is 0 Å². The summed E-state index contributed by atoms with van der Waals surface area (Å²) in [5.41, 5.74) is 0. The standard InChI is InChI=1S/C16H26N4O2/c1-3-14-11-19(12-15(14)18-7-9-22-10-8-18)16(21)13(2)20-6-4-5-17-20/h4-6,13-15H,3,7-12H2,1-2H3/t13-,14+,15+/m0/s1. The van der Waals surface area contributed by atoms with E-state index in [0.29, 0.717) is 12.0 Å². The Morgan fingerprint density at radius 2 is 2.14 bits per heavy atom. The van der Waals surface area contributed by atoms with Gasteiger partial charge in [0.1, 0.15) is 6.04 Å². The molecule has 0 aliphatic carbocycles. The SMILES string of the molecule is CC[C@@H]1CN(C(=O)[C@H](C)n2cccn2)C[C@H]1N1CCOCC1. The summed E-state index contributed by atoms with van der Waals surface area (Å²) in [6, 6.07) is 2.11. The highest BCUT2D eigenvalue weighted by molar-refractivity contribution is 5.80. The van der Waals surface area contributed by atoms with Gasteiger partial charge < -0.3 is 9.64 Å². The van der Waals surface area contributed by atoms with Crippen molar-refractivity contribution in [3.8, 4) is 0 Å². The second-order valence-electron chi connectivity index (χ2n) is 6.29. The van der Waals surface area contributed by atoms with Crippen LogP contribution >= 0.6 is 0 Å². The van der Waals surface area contributed by atoms with Gasteiger partial charge in [0, 0.05) is 44.6 Å². The van der Waals surface area contributed by atoms with Gasteiger partial charge in [0.25, 0.3) is 0 Å². The van der Waals surface area contributed by atoms with Crippen molar-refractivity contribution < 1.29 is 9.53 Å². The quantitative estimate of drug-likeness (QED) is 0.833. The molecule has 3 atom stereocenters. The summed E-state index contributed by atoms with van der Waals surface area (Å²) in [7, 11) is 0. The maximum Gasteiger partial charge on any atom is 0.247 e. The third kappa shape index (κ3) is 3.03. The number of nitrogens with zero attached hydrogens (tertiary/aromatic N) is 4. The minimum absolute atomic E-state index is 0.179. The highest BCUT2D eigenvalue weighted by Crippen LogP contribution is 2.27. The van der Waals surface area contributed by atoms with E-state index in [1.54, 1.807) is 10.9 Å². The first-order chi connectivity index (χ1) is 10.7. The topological polar surface area (TPSA) is 50.6 Å². The van der Waals surface area contributed by atoms with E-state index in [4.69, 9.17) is 4.74 Å². The minimum Gasteiger partial charge on any atom is -0.379 e. The van der Waals surface area contributed by atoms with E-state index >= 15 is 0 Å². The molecule has 2 saturated heterocycles. The molecular weight excluding hydrogens is 280 g/mol. The van der Waals surface area contributed by atoms with E-state index in [1.807, 2.05) is 24.1 Å². The Morgan fingerprint density at radius 1 is 1.36 bits per heavy atom. The molecule has 0 aromatic carbocycles. The van der Waals surface area contributed by atoms with Crippen LogP contribution in [0.4, 0.5) is 0 Å². The van der Waals surface area contributed by atoms with E-state index in [0.717, 1.165) is 45.8 Å². The first-order valence-electron chi connectivity index (χ1n) is 8.30. The molecule has 0 saturated carbocycles. The molecule has 0 radical (unpaired) electrons. The number of carbonyl (C=O) groups is 1.